The Morgan fingerprint density at radius 2 is 1.73 bits per heavy atom. The molecule has 0 spiro atoms. The zero-order valence-corrected chi connectivity index (χ0v) is 15.3. The van der Waals surface area contributed by atoms with Crippen molar-refractivity contribution in [2.75, 3.05) is 16.8 Å². The number of rotatable bonds is 3. The fraction of sp³-hybridized carbons (Fsp3) is 0.364. The summed E-state index contributed by atoms with van der Waals surface area (Å²) < 4.78 is 0. The second-order valence-corrected chi connectivity index (χ2v) is 7.52. The van der Waals surface area contributed by atoms with Gasteiger partial charge in [0.15, 0.2) is 0 Å². The van der Waals surface area contributed by atoms with Crippen LogP contribution < -0.4 is 10.2 Å². The average molecular weight is 348 g/mol. The van der Waals surface area contributed by atoms with Gasteiger partial charge in [-0.05, 0) is 66.1 Å². The Kier molecular flexibility index (Phi) is 4.27. The number of nitrogens with one attached hydrogen (secondary N) is 1. The summed E-state index contributed by atoms with van der Waals surface area (Å²) in [6.07, 6.45) is 3.15. The van der Waals surface area contributed by atoms with Gasteiger partial charge in [0.2, 0.25) is 5.91 Å². The maximum Gasteiger partial charge on any atom is 0.255 e. The lowest BCUT2D eigenvalue weighted by Gasteiger charge is -2.35. The lowest BCUT2D eigenvalue weighted by atomic mass is 9.89. The van der Waals surface area contributed by atoms with Crippen LogP contribution in [0, 0.1) is 0 Å². The molecule has 2 aromatic carbocycles. The summed E-state index contributed by atoms with van der Waals surface area (Å²) in [6.45, 7) is 5.10. The molecule has 2 aliphatic rings. The van der Waals surface area contributed by atoms with E-state index in [1.807, 2.05) is 29.2 Å². The van der Waals surface area contributed by atoms with Crippen molar-refractivity contribution in [2.45, 2.75) is 45.4 Å². The van der Waals surface area contributed by atoms with Crippen molar-refractivity contribution in [3.8, 4) is 0 Å². The van der Waals surface area contributed by atoms with Gasteiger partial charge in [0, 0.05) is 24.2 Å². The van der Waals surface area contributed by atoms with Crippen molar-refractivity contribution in [1.82, 2.24) is 0 Å². The molecule has 0 saturated heterocycles. The number of carbonyl (C=O) groups is 2. The van der Waals surface area contributed by atoms with Crippen LogP contribution in [0.5, 0.6) is 0 Å². The molecular formula is C22H24N2O2. The quantitative estimate of drug-likeness (QED) is 0.900. The smallest absolute Gasteiger partial charge is 0.255 e. The van der Waals surface area contributed by atoms with Crippen molar-refractivity contribution in [1.29, 1.82) is 0 Å². The minimum absolute atomic E-state index is 0.0876. The highest BCUT2D eigenvalue weighted by molar-refractivity contribution is 6.06. The Labute approximate surface area is 154 Å². The molecule has 4 rings (SSSR count). The number of amides is 2. The predicted molar refractivity (Wildman–Crippen MR) is 104 cm³/mol. The van der Waals surface area contributed by atoms with Crippen molar-refractivity contribution in [3.05, 3.63) is 58.7 Å². The first-order chi connectivity index (χ1) is 12.5. The van der Waals surface area contributed by atoms with Gasteiger partial charge in [0.05, 0.1) is 5.69 Å². The zero-order chi connectivity index (χ0) is 18.3. The number of hydrogen-bond donors (Lipinski definition) is 1. The van der Waals surface area contributed by atoms with Crippen LogP contribution in [-0.4, -0.2) is 18.4 Å². The summed E-state index contributed by atoms with van der Waals surface area (Å²) in [7, 11) is 0. The summed E-state index contributed by atoms with van der Waals surface area (Å²) >= 11 is 0. The highest BCUT2D eigenvalue weighted by atomic mass is 16.2. The molecule has 0 saturated carbocycles. The molecule has 4 heteroatoms. The summed E-state index contributed by atoms with van der Waals surface area (Å²) in [5.74, 6) is 0.593. The second kappa shape index (κ2) is 6.60. The number of anilines is 2. The Bertz CT molecular complexity index is 851. The predicted octanol–water partition coefficient (Wildman–Crippen LogP) is 4.29. The van der Waals surface area contributed by atoms with Crippen molar-refractivity contribution >= 4 is 23.2 Å². The first-order valence-corrected chi connectivity index (χ1v) is 9.40. The topological polar surface area (TPSA) is 49.4 Å². The average Bonchev–Trinajstić information content (AvgIpc) is 2.65. The van der Waals surface area contributed by atoms with Crippen LogP contribution in [-0.2, 0) is 17.6 Å². The Morgan fingerprint density at radius 3 is 2.42 bits per heavy atom. The molecule has 0 aromatic heterocycles. The fourth-order valence-electron chi connectivity index (χ4n) is 3.94. The Morgan fingerprint density at radius 1 is 1.04 bits per heavy atom. The van der Waals surface area contributed by atoms with Crippen LogP contribution in [0.4, 0.5) is 11.4 Å². The van der Waals surface area contributed by atoms with E-state index in [4.69, 9.17) is 0 Å². The zero-order valence-electron chi connectivity index (χ0n) is 15.3. The van der Waals surface area contributed by atoms with E-state index in [1.165, 1.54) is 5.56 Å². The molecule has 0 unspecified atom stereocenters. The van der Waals surface area contributed by atoms with Gasteiger partial charge in [-0.2, -0.15) is 0 Å². The van der Waals surface area contributed by atoms with E-state index in [9.17, 15) is 9.59 Å². The number of aryl methyl sites for hydroxylation is 2. The molecular weight excluding hydrogens is 324 g/mol. The van der Waals surface area contributed by atoms with Crippen LogP contribution in [0.2, 0.25) is 0 Å². The third kappa shape index (κ3) is 3.00. The molecule has 0 atom stereocenters. The van der Waals surface area contributed by atoms with Crippen LogP contribution in [0.1, 0.15) is 59.7 Å². The summed E-state index contributed by atoms with van der Waals surface area (Å²) in [5.41, 5.74) is 6.06. The molecule has 0 aliphatic carbocycles. The molecule has 0 radical (unpaired) electrons. The molecule has 26 heavy (non-hydrogen) atoms. The van der Waals surface area contributed by atoms with Crippen molar-refractivity contribution < 1.29 is 9.59 Å². The Balaban J connectivity index is 1.60. The summed E-state index contributed by atoms with van der Waals surface area (Å²) in [5, 5.41) is 3.00. The standard InChI is InChI=1S/C22H24N2O2/c1-14(2)15-5-8-19(9-6-15)23-22(26)18-12-16-4-3-11-24-20(25)10-7-17(13-18)21(16)24/h5-6,8-9,12-14H,3-4,7,10-11H2,1-2H3,(H,23,26). The van der Waals surface area contributed by atoms with Gasteiger partial charge in [0.1, 0.15) is 0 Å². The van der Waals surface area contributed by atoms with Crippen molar-refractivity contribution in [2.24, 2.45) is 0 Å². The Hall–Kier alpha value is -2.62. The molecule has 134 valence electrons. The first kappa shape index (κ1) is 16.8. The van der Waals surface area contributed by atoms with Gasteiger partial charge in [-0.3, -0.25) is 9.59 Å². The van der Waals surface area contributed by atoms with E-state index < -0.39 is 0 Å². The molecule has 2 aromatic rings. The maximum atomic E-state index is 12.8. The molecule has 2 amide bonds. The van der Waals surface area contributed by atoms with Gasteiger partial charge in [-0.25, -0.2) is 0 Å². The molecule has 1 N–H and O–H groups in total. The van der Waals surface area contributed by atoms with Gasteiger partial charge < -0.3 is 10.2 Å². The van der Waals surface area contributed by atoms with E-state index in [0.29, 0.717) is 17.9 Å². The van der Waals surface area contributed by atoms with Gasteiger partial charge in [-0.15, -0.1) is 0 Å². The van der Waals surface area contributed by atoms with E-state index in [0.717, 1.165) is 48.3 Å². The van der Waals surface area contributed by atoms with Crippen LogP contribution in [0.15, 0.2) is 36.4 Å². The fourth-order valence-corrected chi connectivity index (χ4v) is 3.94. The van der Waals surface area contributed by atoms with E-state index in [-0.39, 0.29) is 11.8 Å². The number of nitrogens with zero attached hydrogens (tertiary/aromatic N) is 1. The summed E-state index contributed by atoms with van der Waals surface area (Å²) in [4.78, 5) is 26.8. The minimum atomic E-state index is -0.0876. The van der Waals surface area contributed by atoms with Gasteiger partial charge >= 0.3 is 0 Å². The lowest BCUT2D eigenvalue weighted by molar-refractivity contribution is -0.119. The highest BCUT2D eigenvalue weighted by Crippen LogP contribution is 2.36. The van der Waals surface area contributed by atoms with Gasteiger partial charge in [-0.1, -0.05) is 26.0 Å². The van der Waals surface area contributed by atoms with Crippen molar-refractivity contribution in [3.63, 3.8) is 0 Å². The molecule has 2 aliphatic heterocycles. The van der Waals surface area contributed by atoms with Crippen LogP contribution in [0.25, 0.3) is 0 Å². The largest absolute Gasteiger partial charge is 0.322 e. The lowest BCUT2D eigenvalue weighted by Crippen LogP contribution is -2.39. The van der Waals surface area contributed by atoms with Crippen LogP contribution in [0.3, 0.4) is 0 Å². The molecule has 0 fully saturated rings. The van der Waals surface area contributed by atoms with Gasteiger partial charge in [0.25, 0.3) is 5.91 Å². The van der Waals surface area contributed by atoms with E-state index >= 15 is 0 Å². The number of carbonyl (C=O) groups excluding carboxylic acids is 2. The molecule has 0 bridgehead atoms. The third-order valence-electron chi connectivity index (χ3n) is 5.37. The monoisotopic (exact) mass is 348 g/mol. The number of hydrogen-bond acceptors (Lipinski definition) is 2. The highest BCUT2D eigenvalue weighted by Gasteiger charge is 2.30. The summed E-state index contributed by atoms with van der Waals surface area (Å²) in [6, 6.07) is 11.9. The van der Waals surface area contributed by atoms with E-state index in [2.05, 4.69) is 31.3 Å². The second-order valence-electron chi connectivity index (χ2n) is 7.52. The SMILES string of the molecule is CC(C)c1ccc(NC(=O)c2cc3c4c(c2)CCC(=O)N4CCC3)cc1. The maximum absolute atomic E-state index is 12.8. The molecule has 4 nitrogen and oxygen atoms in total. The van der Waals surface area contributed by atoms with E-state index in [1.54, 1.807) is 0 Å². The van der Waals surface area contributed by atoms with Crippen LogP contribution >= 0.6 is 0 Å². The third-order valence-corrected chi connectivity index (χ3v) is 5.37. The first-order valence-electron chi connectivity index (χ1n) is 9.40. The minimum Gasteiger partial charge on any atom is -0.322 e. The molecule has 2 heterocycles. The number of benzene rings is 2. The normalized spacial score (nSPS) is 15.8.